The molecular weight excluding hydrogens is 456 g/mol. The van der Waals surface area contributed by atoms with Gasteiger partial charge in [0.25, 0.3) is 11.5 Å². The van der Waals surface area contributed by atoms with E-state index in [9.17, 15) is 14.4 Å². The summed E-state index contributed by atoms with van der Waals surface area (Å²) in [7, 11) is 1.51. The first kappa shape index (κ1) is 21.7. The van der Waals surface area contributed by atoms with Gasteiger partial charge in [0.1, 0.15) is 23.0 Å². The lowest BCUT2D eigenvalue weighted by atomic mass is 10.2. The molecule has 0 aliphatic rings. The lowest BCUT2D eigenvalue weighted by Gasteiger charge is -2.05. The summed E-state index contributed by atoms with van der Waals surface area (Å²) in [5, 5.41) is 2.41. The molecule has 1 amide bonds. The van der Waals surface area contributed by atoms with Gasteiger partial charge in [-0.25, -0.2) is 9.78 Å². The number of amides is 1. The van der Waals surface area contributed by atoms with E-state index < -0.39 is 24.0 Å². The molecule has 3 heterocycles. The number of carbonyl (C=O) groups is 2. The van der Waals surface area contributed by atoms with Crippen LogP contribution in [0.5, 0.6) is 0 Å². The van der Waals surface area contributed by atoms with Gasteiger partial charge in [0.05, 0.1) is 6.54 Å². The number of furan rings is 1. The molecule has 0 saturated heterocycles. The predicted molar refractivity (Wildman–Crippen MR) is 118 cm³/mol. The molecule has 32 heavy (non-hydrogen) atoms. The van der Waals surface area contributed by atoms with E-state index in [0.29, 0.717) is 16.4 Å². The third-order valence-electron chi connectivity index (χ3n) is 4.66. The van der Waals surface area contributed by atoms with E-state index in [4.69, 9.17) is 20.8 Å². The number of thiazole rings is 1. The molecule has 0 radical (unpaired) electrons. The van der Waals surface area contributed by atoms with Gasteiger partial charge in [0.15, 0.2) is 11.4 Å². The zero-order valence-corrected chi connectivity index (χ0v) is 18.6. The van der Waals surface area contributed by atoms with Crippen LogP contribution in [-0.4, -0.2) is 32.6 Å². The summed E-state index contributed by atoms with van der Waals surface area (Å²) in [6.07, 6.45) is 3.08. The van der Waals surface area contributed by atoms with Gasteiger partial charge in [0, 0.05) is 23.6 Å². The molecule has 0 aliphatic carbocycles. The minimum Gasteiger partial charge on any atom is -0.452 e. The third-order valence-corrected chi connectivity index (χ3v) is 5.82. The molecule has 0 saturated carbocycles. The second kappa shape index (κ2) is 8.93. The minimum atomic E-state index is -0.856. The van der Waals surface area contributed by atoms with Crippen LogP contribution in [0.3, 0.4) is 0 Å². The van der Waals surface area contributed by atoms with Crippen LogP contribution in [0.1, 0.15) is 21.7 Å². The van der Waals surface area contributed by atoms with Crippen LogP contribution in [0, 0.1) is 6.92 Å². The second-order valence-corrected chi connectivity index (χ2v) is 8.14. The van der Waals surface area contributed by atoms with Crippen LogP contribution in [0.15, 0.2) is 56.4 Å². The topological polar surface area (TPSA) is 109 Å². The summed E-state index contributed by atoms with van der Waals surface area (Å²) in [6.45, 7) is 1.37. The Hall–Kier alpha value is -3.50. The van der Waals surface area contributed by atoms with Gasteiger partial charge in [-0.2, -0.15) is 4.99 Å². The Morgan fingerprint density at radius 1 is 1.31 bits per heavy atom. The highest BCUT2D eigenvalue weighted by molar-refractivity contribution is 7.07. The lowest BCUT2D eigenvalue weighted by Crippen LogP contribution is -2.21. The fourth-order valence-corrected chi connectivity index (χ4v) is 4.03. The maximum atomic E-state index is 12.6. The molecule has 164 valence electrons. The van der Waals surface area contributed by atoms with Gasteiger partial charge in [-0.05, 0) is 18.6 Å². The highest BCUT2D eigenvalue weighted by atomic mass is 35.5. The Morgan fingerprint density at radius 2 is 2.09 bits per heavy atom. The van der Waals surface area contributed by atoms with Crippen LogP contribution in [-0.2, 0) is 23.1 Å². The molecule has 9 nitrogen and oxygen atoms in total. The molecule has 0 bridgehead atoms. The zero-order valence-electron chi connectivity index (χ0n) is 17.1. The molecule has 4 rings (SSSR count). The minimum absolute atomic E-state index is 0.0118. The highest BCUT2D eigenvalue weighted by Gasteiger charge is 2.24. The number of nitrogens with zero attached hydrogens (tertiary/aromatic N) is 4. The van der Waals surface area contributed by atoms with Gasteiger partial charge >= 0.3 is 5.97 Å². The van der Waals surface area contributed by atoms with E-state index in [2.05, 4.69) is 9.98 Å². The van der Waals surface area contributed by atoms with E-state index in [1.165, 1.54) is 36.2 Å². The van der Waals surface area contributed by atoms with Crippen molar-refractivity contribution in [2.45, 2.75) is 13.5 Å². The van der Waals surface area contributed by atoms with Gasteiger partial charge in [0.2, 0.25) is 5.71 Å². The molecule has 0 unspecified atom stereocenters. The summed E-state index contributed by atoms with van der Waals surface area (Å²) in [4.78, 5) is 45.8. The standard InChI is InChI=1S/C21H17ClN4O5S/c1-12-16(17-18(31-12)23-11-25(2)19(17)28)20(29)30-10-15(27)24-21-26(7-8-32-21)9-13-5-3-4-6-14(13)22/h3-8,11H,9-10H2,1-2H3. The first-order valence-corrected chi connectivity index (χ1v) is 10.7. The van der Waals surface area contributed by atoms with Crippen molar-refractivity contribution in [3.63, 3.8) is 0 Å². The molecule has 3 aromatic heterocycles. The molecule has 0 N–H and O–H groups in total. The van der Waals surface area contributed by atoms with E-state index >= 15 is 0 Å². The molecule has 0 aliphatic heterocycles. The quantitative estimate of drug-likeness (QED) is 0.413. The largest absolute Gasteiger partial charge is 0.452 e. The molecular formula is C21H17ClN4O5S. The van der Waals surface area contributed by atoms with Crippen LogP contribution in [0.4, 0.5) is 0 Å². The Balaban J connectivity index is 1.51. The van der Waals surface area contributed by atoms with Crippen LogP contribution >= 0.6 is 22.9 Å². The number of fused-ring (bicyclic) bond motifs is 1. The van der Waals surface area contributed by atoms with Crippen molar-refractivity contribution in [1.82, 2.24) is 14.1 Å². The van der Waals surface area contributed by atoms with Crippen molar-refractivity contribution in [3.8, 4) is 0 Å². The monoisotopic (exact) mass is 472 g/mol. The Bertz CT molecular complexity index is 1460. The summed E-state index contributed by atoms with van der Waals surface area (Å²) in [6, 6.07) is 7.39. The summed E-state index contributed by atoms with van der Waals surface area (Å²) >= 11 is 7.47. The lowest BCUT2D eigenvalue weighted by molar-refractivity contribution is -0.121. The van der Waals surface area contributed by atoms with Gasteiger partial charge in [-0.15, -0.1) is 11.3 Å². The van der Waals surface area contributed by atoms with Gasteiger partial charge in [-0.3, -0.25) is 9.59 Å². The molecule has 1 aromatic carbocycles. The Morgan fingerprint density at radius 3 is 2.88 bits per heavy atom. The summed E-state index contributed by atoms with van der Waals surface area (Å²) < 4.78 is 13.5. The summed E-state index contributed by atoms with van der Waals surface area (Å²) in [5.41, 5.74) is 0.415. The van der Waals surface area contributed by atoms with Crippen molar-refractivity contribution in [3.05, 3.63) is 79.2 Å². The average Bonchev–Trinajstić information content (AvgIpc) is 3.34. The molecule has 0 spiro atoms. The number of hydrogen-bond acceptors (Lipinski definition) is 7. The van der Waals surface area contributed by atoms with Crippen molar-refractivity contribution in [1.29, 1.82) is 0 Å². The fraction of sp³-hybridized carbons (Fsp3) is 0.190. The van der Waals surface area contributed by atoms with E-state index in [1.807, 2.05) is 18.2 Å². The molecule has 4 aromatic rings. The number of esters is 1. The molecule has 0 atom stereocenters. The van der Waals surface area contributed by atoms with Crippen molar-refractivity contribution < 1.29 is 18.7 Å². The van der Waals surface area contributed by atoms with Crippen molar-refractivity contribution in [2.75, 3.05) is 6.61 Å². The Kier molecular flexibility index (Phi) is 6.06. The predicted octanol–water partition coefficient (Wildman–Crippen LogP) is 2.68. The second-order valence-electron chi connectivity index (χ2n) is 6.86. The highest BCUT2D eigenvalue weighted by Crippen LogP contribution is 2.21. The number of aryl methyl sites for hydroxylation is 2. The van der Waals surface area contributed by atoms with E-state index in [1.54, 1.807) is 22.2 Å². The smallest absolute Gasteiger partial charge is 0.343 e. The number of benzene rings is 1. The average molecular weight is 473 g/mol. The summed E-state index contributed by atoms with van der Waals surface area (Å²) in [5.74, 6) is -1.32. The number of carbonyl (C=O) groups excluding carboxylic acids is 2. The van der Waals surface area contributed by atoms with E-state index in [0.717, 1.165) is 5.56 Å². The first-order valence-electron chi connectivity index (χ1n) is 9.42. The van der Waals surface area contributed by atoms with Crippen LogP contribution in [0.25, 0.3) is 11.1 Å². The molecule has 0 fully saturated rings. The molecule has 11 heteroatoms. The maximum absolute atomic E-state index is 12.6. The zero-order chi connectivity index (χ0) is 22.8. The normalized spacial score (nSPS) is 11.8. The third kappa shape index (κ3) is 4.27. The number of rotatable bonds is 5. The maximum Gasteiger partial charge on any atom is 0.343 e. The Labute approximate surface area is 190 Å². The number of ether oxygens (including phenoxy) is 1. The number of halogens is 1. The van der Waals surface area contributed by atoms with Crippen LogP contribution < -0.4 is 10.4 Å². The van der Waals surface area contributed by atoms with Gasteiger partial charge in [-0.1, -0.05) is 29.8 Å². The van der Waals surface area contributed by atoms with Gasteiger partial charge < -0.3 is 18.3 Å². The van der Waals surface area contributed by atoms with Crippen LogP contribution in [0.2, 0.25) is 5.02 Å². The SMILES string of the molecule is Cc1oc2ncn(C)c(=O)c2c1C(=O)OCC(=O)N=c1sccn1Cc1ccccc1Cl. The fourth-order valence-electron chi connectivity index (χ4n) is 3.09. The van der Waals surface area contributed by atoms with Crippen molar-refractivity contribution in [2.24, 2.45) is 12.0 Å². The first-order chi connectivity index (χ1) is 15.3. The van der Waals surface area contributed by atoms with E-state index in [-0.39, 0.29) is 22.4 Å². The van der Waals surface area contributed by atoms with Crippen molar-refractivity contribution >= 4 is 45.9 Å². The number of aromatic nitrogens is 3. The number of hydrogen-bond donors (Lipinski definition) is 0.